The van der Waals surface area contributed by atoms with Crippen LogP contribution in [0, 0.1) is 0 Å². The molecule has 0 saturated carbocycles. The molecular weight excluding hydrogens is 288 g/mol. The number of rotatable bonds is 6. The SMILES string of the molecule is Nc1cccc(CS(=O)(=O)Nc2ccc(CCO)cc2)c1. The van der Waals surface area contributed by atoms with E-state index in [0.29, 0.717) is 23.4 Å². The van der Waals surface area contributed by atoms with Gasteiger partial charge in [0.1, 0.15) is 0 Å². The third-order valence-electron chi connectivity index (χ3n) is 2.94. The quantitative estimate of drug-likeness (QED) is 0.709. The Labute approximate surface area is 124 Å². The molecule has 0 heterocycles. The van der Waals surface area contributed by atoms with Crippen LogP contribution in [0.5, 0.6) is 0 Å². The number of aliphatic hydroxyl groups is 1. The molecule has 2 rings (SSSR count). The number of hydrogen-bond acceptors (Lipinski definition) is 4. The fraction of sp³-hybridized carbons (Fsp3) is 0.200. The number of hydrogen-bond donors (Lipinski definition) is 3. The molecule has 0 saturated heterocycles. The second-order valence-corrected chi connectivity index (χ2v) is 6.50. The van der Waals surface area contributed by atoms with Crippen molar-refractivity contribution < 1.29 is 13.5 Å². The molecule has 0 aromatic heterocycles. The zero-order valence-electron chi connectivity index (χ0n) is 11.5. The van der Waals surface area contributed by atoms with Gasteiger partial charge in [-0.1, -0.05) is 24.3 Å². The van der Waals surface area contributed by atoms with Gasteiger partial charge >= 0.3 is 0 Å². The summed E-state index contributed by atoms with van der Waals surface area (Å²) in [5.41, 5.74) is 8.27. The summed E-state index contributed by atoms with van der Waals surface area (Å²) in [6.07, 6.45) is 0.552. The van der Waals surface area contributed by atoms with Crippen LogP contribution in [0.25, 0.3) is 0 Å². The average Bonchev–Trinajstić information content (AvgIpc) is 2.40. The first-order chi connectivity index (χ1) is 9.98. The normalized spacial score (nSPS) is 11.3. The van der Waals surface area contributed by atoms with Gasteiger partial charge in [-0.15, -0.1) is 0 Å². The minimum absolute atomic E-state index is 0.0699. The highest BCUT2D eigenvalue weighted by Crippen LogP contribution is 2.15. The van der Waals surface area contributed by atoms with Gasteiger partial charge in [0, 0.05) is 18.0 Å². The second-order valence-electron chi connectivity index (χ2n) is 4.78. The Morgan fingerprint density at radius 2 is 1.76 bits per heavy atom. The van der Waals surface area contributed by atoms with Crippen molar-refractivity contribution in [3.63, 3.8) is 0 Å². The van der Waals surface area contributed by atoms with Gasteiger partial charge in [0.2, 0.25) is 10.0 Å². The maximum atomic E-state index is 12.1. The van der Waals surface area contributed by atoms with E-state index in [1.165, 1.54) is 0 Å². The molecule has 2 aromatic carbocycles. The van der Waals surface area contributed by atoms with E-state index in [1.807, 2.05) is 0 Å². The lowest BCUT2D eigenvalue weighted by atomic mass is 10.1. The minimum Gasteiger partial charge on any atom is -0.399 e. The van der Waals surface area contributed by atoms with Gasteiger partial charge in [-0.2, -0.15) is 0 Å². The smallest absolute Gasteiger partial charge is 0.236 e. The van der Waals surface area contributed by atoms with Crippen LogP contribution in [-0.2, 0) is 22.2 Å². The number of nitrogens with two attached hydrogens (primary N) is 1. The summed E-state index contributed by atoms with van der Waals surface area (Å²) < 4.78 is 26.7. The lowest BCUT2D eigenvalue weighted by molar-refractivity contribution is 0.299. The van der Waals surface area contributed by atoms with Crippen molar-refractivity contribution in [2.45, 2.75) is 12.2 Å². The maximum absolute atomic E-state index is 12.1. The Kier molecular flexibility index (Phi) is 4.82. The third kappa shape index (κ3) is 4.77. The monoisotopic (exact) mass is 306 g/mol. The van der Waals surface area contributed by atoms with Crippen molar-refractivity contribution in [2.24, 2.45) is 0 Å². The zero-order chi connectivity index (χ0) is 15.3. The molecule has 0 fully saturated rings. The van der Waals surface area contributed by atoms with Crippen LogP contribution in [0.3, 0.4) is 0 Å². The van der Waals surface area contributed by atoms with Gasteiger partial charge in [-0.3, -0.25) is 4.72 Å². The summed E-state index contributed by atoms with van der Waals surface area (Å²) in [7, 11) is -3.48. The lowest BCUT2D eigenvalue weighted by Crippen LogP contribution is -2.15. The molecule has 6 heteroatoms. The Bertz CT molecular complexity index is 697. The van der Waals surface area contributed by atoms with E-state index in [-0.39, 0.29) is 12.4 Å². The summed E-state index contributed by atoms with van der Waals surface area (Å²) in [5, 5.41) is 8.84. The Hall–Kier alpha value is -2.05. The Morgan fingerprint density at radius 3 is 2.38 bits per heavy atom. The summed E-state index contributed by atoms with van der Waals surface area (Å²) >= 11 is 0. The van der Waals surface area contributed by atoms with Crippen molar-refractivity contribution >= 4 is 21.4 Å². The number of nitrogen functional groups attached to an aromatic ring is 1. The largest absolute Gasteiger partial charge is 0.399 e. The van der Waals surface area contributed by atoms with E-state index >= 15 is 0 Å². The van der Waals surface area contributed by atoms with Gasteiger partial charge in [0.25, 0.3) is 0 Å². The van der Waals surface area contributed by atoms with Crippen LogP contribution in [0.4, 0.5) is 11.4 Å². The molecule has 0 unspecified atom stereocenters. The lowest BCUT2D eigenvalue weighted by Gasteiger charge is -2.09. The number of nitrogens with one attached hydrogen (secondary N) is 1. The van der Waals surface area contributed by atoms with E-state index in [2.05, 4.69) is 4.72 Å². The fourth-order valence-corrected chi connectivity index (χ4v) is 3.17. The number of sulfonamides is 1. The minimum atomic E-state index is -3.48. The van der Waals surface area contributed by atoms with Crippen LogP contribution in [0.2, 0.25) is 0 Å². The molecule has 2 aromatic rings. The summed E-state index contributed by atoms with van der Waals surface area (Å²) in [6.45, 7) is 0.0699. The van der Waals surface area contributed by atoms with E-state index in [0.717, 1.165) is 5.56 Å². The van der Waals surface area contributed by atoms with E-state index < -0.39 is 10.0 Å². The number of aliphatic hydroxyl groups excluding tert-OH is 1. The Morgan fingerprint density at radius 1 is 1.05 bits per heavy atom. The van der Waals surface area contributed by atoms with Crippen molar-refractivity contribution in [2.75, 3.05) is 17.1 Å². The van der Waals surface area contributed by atoms with Crippen LogP contribution >= 0.6 is 0 Å². The highest BCUT2D eigenvalue weighted by Gasteiger charge is 2.11. The first-order valence-electron chi connectivity index (χ1n) is 6.53. The van der Waals surface area contributed by atoms with Crippen LogP contribution in [0.1, 0.15) is 11.1 Å². The molecule has 0 bridgehead atoms. The van der Waals surface area contributed by atoms with Gasteiger partial charge in [-0.05, 0) is 41.8 Å². The molecule has 0 radical (unpaired) electrons. The topological polar surface area (TPSA) is 92.4 Å². The predicted molar refractivity (Wildman–Crippen MR) is 84.3 cm³/mol. The predicted octanol–water partition coefficient (Wildman–Crippen LogP) is 1.75. The van der Waals surface area contributed by atoms with Gasteiger partial charge in [0.15, 0.2) is 0 Å². The Balaban J connectivity index is 2.06. The third-order valence-corrected chi connectivity index (χ3v) is 4.20. The first-order valence-corrected chi connectivity index (χ1v) is 8.18. The molecule has 4 N–H and O–H groups in total. The molecule has 0 amide bonds. The molecule has 0 aliphatic rings. The summed E-state index contributed by atoms with van der Waals surface area (Å²) in [5.74, 6) is -0.129. The molecule has 0 aliphatic heterocycles. The van der Waals surface area contributed by atoms with Gasteiger partial charge in [0.05, 0.1) is 5.75 Å². The van der Waals surface area contributed by atoms with Gasteiger partial charge < -0.3 is 10.8 Å². The number of benzene rings is 2. The molecule has 5 nitrogen and oxygen atoms in total. The number of anilines is 2. The maximum Gasteiger partial charge on any atom is 0.236 e. The molecule has 112 valence electrons. The fourth-order valence-electron chi connectivity index (χ4n) is 1.99. The van der Waals surface area contributed by atoms with Crippen molar-refractivity contribution in [1.82, 2.24) is 0 Å². The van der Waals surface area contributed by atoms with Gasteiger partial charge in [-0.25, -0.2) is 8.42 Å². The zero-order valence-corrected chi connectivity index (χ0v) is 12.3. The van der Waals surface area contributed by atoms with Crippen LogP contribution in [-0.4, -0.2) is 20.1 Å². The van der Waals surface area contributed by atoms with Crippen LogP contribution in [0.15, 0.2) is 48.5 Å². The molecule has 0 atom stereocenters. The van der Waals surface area contributed by atoms with Crippen molar-refractivity contribution in [3.8, 4) is 0 Å². The highest BCUT2D eigenvalue weighted by molar-refractivity contribution is 7.91. The van der Waals surface area contributed by atoms with E-state index in [1.54, 1.807) is 48.5 Å². The molecule has 0 aliphatic carbocycles. The summed E-state index contributed by atoms with van der Waals surface area (Å²) in [4.78, 5) is 0. The van der Waals surface area contributed by atoms with Crippen molar-refractivity contribution in [1.29, 1.82) is 0 Å². The molecular formula is C15H18N2O3S. The second kappa shape index (κ2) is 6.60. The first kappa shape index (κ1) is 15.3. The average molecular weight is 306 g/mol. The summed E-state index contributed by atoms with van der Waals surface area (Å²) in [6, 6.07) is 13.7. The highest BCUT2D eigenvalue weighted by atomic mass is 32.2. The molecule has 21 heavy (non-hydrogen) atoms. The standard InChI is InChI=1S/C15H18N2O3S/c16-14-3-1-2-13(10-14)11-21(19,20)17-15-6-4-12(5-7-15)8-9-18/h1-7,10,17-18H,8-9,11,16H2. The van der Waals surface area contributed by atoms with E-state index in [9.17, 15) is 8.42 Å². The van der Waals surface area contributed by atoms with Crippen LogP contribution < -0.4 is 10.5 Å². The molecule has 0 spiro atoms. The van der Waals surface area contributed by atoms with E-state index in [4.69, 9.17) is 10.8 Å². The van der Waals surface area contributed by atoms with Crippen molar-refractivity contribution in [3.05, 3.63) is 59.7 Å².